The van der Waals surface area contributed by atoms with Gasteiger partial charge in [0.25, 0.3) is 5.91 Å². The first kappa shape index (κ1) is 17.8. The van der Waals surface area contributed by atoms with Crippen LogP contribution in [-0.2, 0) is 0 Å². The van der Waals surface area contributed by atoms with Crippen molar-refractivity contribution in [3.8, 4) is 17.2 Å². The second-order valence-electron chi connectivity index (χ2n) is 6.68. The minimum atomic E-state index is -0.155. The zero-order valence-corrected chi connectivity index (χ0v) is 15.9. The lowest BCUT2D eigenvalue weighted by molar-refractivity contribution is 0.102. The van der Waals surface area contributed by atoms with E-state index < -0.39 is 0 Å². The van der Waals surface area contributed by atoms with Crippen LogP contribution >= 0.6 is 0 Å². The van der Waals surface area contributed by atoms with Gasteiger partial charge in [0.1, 0.15) is 11.3 Å². The predicted octanol–water partition coefficient (Wildman–Crippen LogP) is 5.37. The molecule has 4 rings (SSSR count). The van der Waals surface area contributed by atoms with Crippen molar-refractivity contribution in [1.82, 2.24) is 4.98 Å². The molecule has 1 amide bonds. The van der Waals surface area contributed by atoms with E-state index in [2.05, 4.69) is 10.3 Å². The van der Waals surface area contributed by atoms with E-state index in [-0.39, 0.29) is 5.91 Å². The van der Waals surface area contributed by atoms with E-state index in [0.717, 1.165) is 28.0 Å². The Morgan fingerprint density at radius 3 is 2.46 bits per heavy atom. The summed E-state index contributed by atoms with van der Waals surface area (Å²) in [5.74, 6) is 1.14. The molecular weight excluding hydrogens is 352 g/mol. The van der Waals surface area contributed by atoms with E-state index in [1.165, 1.54) is 0 Å². The number of carbonyl (C=O) groups is 1. The fraction of sp³-hybridized carbons (Fsp3) is 0.130. The average Bonchev–Trinajstić information content (AvgIpc) is 3.13. The number of hydrogen-bond acceptors (Lipinski definition) is 4. The summed E-state index contributed by atoms with van der Waals surface area (Å²) in [6.07, 6.45) is 0. The Morgan fingerprint density at radius 2 is 1.75 bits per heavy atom. The molecule has 0 atom stereocenters. The van der Waals surface area contributed by atoms with Gasteiger partial charge in [-0.05, 0) is 73.5 Å². The summed E-state index contributed by atoms with van der Waals surface area (Å²) in [5, 5.41) is 2.92. The topological polar surface area (TPSA) is 64.4 Å². The number of methoxy groups -OCH3 is 1. The average molecular weight is 372 g/mol. The molecule has 1 aromatic heterocycles. The van der Waals surface area contributed by atoms with Gasteiger partial charge >= 0.3 is 0 Å². The number of oxazole rings is 1. The second-order valence-corrected chi connectivity index (χ2v) is 6.68. The van der Waals surface area contributed by atoms with E-state index >= 15 is 0 Å². The van der Waals surface area contributed by atoms with Gasteiger partial charge in [0.05, 0.1) is 7.11 Å². The van der Waals surface area contributed by atoms with Crippen LogP contribution in [0.4, 0.5) is 5.69 Å². The summed E-state index contributed by atoms with van der Waals surface area (Å²) in [6, 6.07) is 18.6. The zero-order chi connectivity index (χ0) is 19.7. The third-order valence-corrected chi connectivity index (χ3v) is 4.75. The number of anilines is 1. The van der Waals surface area contributed by atoms with Crippen molar-refractivity contribution in [1.29, 1.82) is 0 Å². The number of ether oxygens (including phenoxy) is 1. The normalized spacial score (nSPS) is 10.8. The molecule has 0 radical (unpaired) electrons. The fourth-order valence-electron chi connectivity index (χ4n) is 2.95. The smallest absolute Gasteiger partial charge is 0.255 e. The van der Waals surface area contributed by atoms with Crippen LogP contribution in [0.1, 0.15) is 21.5 Å². The van der Waals surface area contributed by atoms with Crippen LogP contribution in [0, 0.1) is 13.8 Å². The molecule has 4 aromatic rings. The van der Waals surface area contributed by atoms with Crippen molar-refractivity contribution in [3.05, 3.63) is 77.4 Å². The third kappa shape index (κ3) is 3.47. The summed E-state index contributed by atoms with van der Waals surface area (Å²) < 4.78 is 11.1. The van der Waals surface area contributed by atoms with Crippen molar-refractivity contribution < 1.29 is 13.9 Å². The lowest BCUT2D eigenvalue weighted by Gasteiger charge is -2.07. The number of nitrogens with zero attached hydrogens (tertiary/aromatic N) is 1. The molecule has 0 fully saturated rings. The summed E-state index contributed by atoms with van der Waals surface area (Å²) in [7, 11) is 1.63. The summed E-state index contributed by atoms with van der Waals surface area (Å²) in [6.45, 7) is 4.02. The lowest BCUT2D eigenvalue weighted by Crippen LogP contribution is -2.12. The molecule has 0 aliphatic carbocycles. The van der Waals surface area contributed by atoms with E-state index in [4.69, 9.17) is 9.15 Å². The van der Waals surface area contributed by atoms with Crippen molar-refractivity contribution in [2.45, 2.75) is 13.8 Å². The standard InChI is InChI=1S/C23H20N2O3/c1-14-4-5-17(12-15(14)2)22(26)24-18-8-11-20-21(13-18)28-23(25-20)16-6-9-19(27-3)10-7-16/h4-13H,1-3H3,(H,24,26). The number of amides is 1. The highest BCUT2D eigenvalue weighted by molar-refractivity contribution is 6.05. The maximum absolute atomic E-state index is 12.5. The monoisotopic (exact) mass is 372 g/mol. The minimum Gasteiger partial charge on any atom is -0.497 e. The highest BCUT2D eigenvalue weighted by Crippen LogP contribution is 2.27. The SMILES string of the molecule is COc1ccc(-c2nc3ccc(NC(=O)c4ccc(C)c(C)c4)cc3o2)cc1. The Kier molecular flexibility index (Phi) is 4.57. The molecule has 0 spiro atoms. The number of fused-ring (bicyclic) bond motifs is 1. The second kappa shape index (κ2) is 7.19. The van der Waals surface area contributed by atoms with Crippen LogP contribution in [0.15, 0.2) is 65.1 Å². The van der Waals surface area contributed by atoms with Gasteiger partial charge in [-0.25, -0.2) is 4.98 Å². The van der Waals surface area contributed by atoms with Crippen molar-refractivity contribution >= 4 is 22.7 Å². The number of rotatable bonds is 4. The maximum atomic E-state index is 12.5. The number of aromatic nitrogens is 1. The van der Waals surface area contributed by atoms with Crippen LogP contribution in [0.5, 0.6) is 5.75 Å². The summed E-state index contributed by atoms with van der Waals surface area (Å²) in [4.78, 5) is 17.0. The molecule has 1 N–H and O–H groups in total. The molecule has 0 saturated carbocycles. The van der Waals surface area contributed by atoms with Gasteiger partial charge in [0, 0.05) is 22.9 Å². The maximum Gasteiger partial charge on any atom is 0.255 e. The molecule has 0 unspecified atom stereocenters. The van der Waals surface area contributed by atoms with Gasteiger partial charge < -0.3 is 14.5 Å². The lowest BCUT2D eigenvalue weighted by atomic mass is 10.1. The molecule has 5 heteroatoms. The predicted molar refractivity (Wildman–Crippen MR) is 110 cm³/mol. The van der Waals surface area contributed by atoms with E-state index in [1.807, 2.05) is 68.4 Å². The molecule has 0 aliphatic rings. The van der Waals surface area contributed by atoms with Crippen molar-refractivity contribution in [2.75, 3.05) is 12.4 Å². The first-order chi connectivity index (χ1) is 13.5. The number of benzene rings is 3. The fourth-order valence-corrected chi connectivity index (χ4v) is 2.95. The molecule has 140 valence electrons. The number of aryl methyl sites for hydroxylation is 2. The molecule has 5 nitrogen and oxygen atoms in total. The zero-order valence-electron chi connectivity index (χ0n) is 15.9. The van der Waals surface area contributed by atoms with Crippen LogP contribution in [-0.4, -0.2) is 18.0 Å². The van der Waals surface area contributed by atoms with Crippen LogP contribution in [0.2, 0.25) is 0 Å². The molecule has 1 heterocycles. The van der Waals surface area contributed by atoms with Gasteiger partial charge in [-0.15, -0.1) is 0 Å². The van der Waals surface area contributed by atoms with Crippen LogP contribution < -0.4 is 10.1 Å². The molecule has 0 aliphatic heterocycles. The number of carbonyl (C=O) groups excluding carboxylic acids is 1. The van der Waals surface area contributed by atoms with Gasteiger partial charge in [-0.3, -0.25) is 4.79 Å². The molecule has 0 bridgehead atoms. The minimum absolute atomic E-state index is 0.155. The molecular formula is C23H20N2O3. The Labute approximate surface area is 163 Å². The van der Waals surface area contributed by atoms with Gasteiger partial charge in [0.2, 0.25) is 5.89 Å². The van der Waals surface area contributed by atoms with Crippen LogP contribution in [0.3, 0.4) is 0 Å². The highest BCUT2D eigenvalue weighted by Gasteiger charge is 2.11. The Hall–Kier alpha value is -3.60. The largest absolute Gasteiger partial charge is 0.497 e. The quantitative estimate of drug-likeness (QED) is 0.523. The van der Waals surface area contributed by atoms with Crippen molar-refractivity contribution in [2.24, 2.45) is 0 Å². The van der Waals surface area contributed by atoms with E-state index in [9.17, 15) is 4.79 Å². The van der Waals surface area contributed by atoms with Gasteiger partial charge in [-0.1, -0.05) is 6.07 Å². The van der Waals surface area contributed by atoms with Crippen LogP contribution in [0.25, 0.3) is 22.6 Å². The van der Waals surface area contributed by atoms with Crippen molar-refractivity contribution in [3.63, 3.8) is 0 Å². The Morgan fingerprint density at radius 1 is 0.964 bits per heavy atom. The summed E-state index contributed by atoms with van der Waals surface area (Å²) >= 11 is 0. The van der Waals surface area contributed by atoms with E-state index in [0.29, 0.717) is 22.7 Å². The highest BCUT2D eigenvalue weighted by atomic mass is 16.5. The molecule has 28 heavy (non-hydrogen) atoms. The summed E-state index contributed by atoms with van der Waals surface area (Å²) in [5.41, 5.74) is 5.73. The molecule has 3 aromatic carbocycles. The first-order valence-corrected chi connectivity index (χ1v) is 8.97. The first-order valence-electron chi connectivity index (χ1n) is 8.97. The van der Waals surface area contributed by atoms with Gasteiger partial charge in [0.15, 0.2) is 5.58 Å². The number of nitrogens with one attached hydrogen (secondary N) is 1. The Balaban J connectivity index is 1.58. The Bertz CT molecular complexity index is 1160. The molecule has 0 saturated heterocycles. The number of hydrogen-bond donors (Lipinski definition) is 1. The third-order valence-electron chi connectivity index (χ3n) is 4.75. The van der Waals surface area contributed by atoms with E-state index in [1.54, 1.807) is 13.2 Å². The van der Waals surface area contributed by atoms with Gasteiger partial charge in [-0.2, -0.15) is 0 Å².